The van der Waals surface area contributed by atoms with E-state index >= 15 is 0 Å². The van der Waals surface area contributed by atoms with Gasteiger partial charge in [-0.3, -0.25) is 9.78 Å². The Hall–Kier alpha value is -2.40. The van der Waals surface area contributed by atoms with Crippen LogP contribution in [0.5, 0.6) is 5.75 Å². The molecule has 0 fully saturated rings. The number of carbonyl (C=O) groups is 1. The molecule has 25 heavy (non-hydrogen) atoms. The van der Waals surface area contributed by atoms with Crippen molar-refractivity contribution in [3.8, 4) is 5.75 Å². The van der Waals surface area contributed by atoms with Crippen LogP contribution in [0.25, 0.3) is 0 Å². The van der Waals surface area contributed by atoms with Gasteiger partial charge in [-0.1, -0.05) is 13.8 Å². The fourth-order valence-corrected chi connectivity index (χ4v) is 3.94. The van der Waals surface area contributed by atoms with Gasteiger partial charge in [-0.2, -0.15) is 0 Å². The molecule has 2 aromatic rings. The summed E-state index contributed by atoms with van der Waals surface area (Å²) in [7, 11) is 2.11. The lowest BCUT2D eigenvalue weighted by Crippen LogP contribution is -2.40. The first kappa shape index (κ1) is 16.1. The van der Waals surface area contributed by atoms with E-state index in [2.05, 4.69) is 36.1 Å². The maximum absolute atomic E-state index is 12.6. The largest absolute Gasteiger partial charge is 0.493 e. The van der Waals surface area contributed by atoms with Gasteiger partial charge in [0.25, 0.3) is 5.91 Å². The van der Waals surface area contributed by atoms with Gasteiger partial charge in [0.05, 0.1) is 24.2 Å². The molecule has 0 bridgehead atoms. The van der Waals surface area contributed by atoms with Crippen molar-refractivity contribution in [2.45, 2.75) is 32.2 Å². The molecule has 1 N–H and O–H groups in total. The van der Waals surface area contributed by atoms with Gasteiger partial charge in [-0.05, 0) is 42.4 Å². The van der Waals surface area contributed by atoms with Gasteiger partial charge in [0.1, 0.15) is 5.75 Å². The minimum Gasteiger partial charge on any atom is -0.493 e. The Bertz CT molecular complexity index is 845. The van der Waals surface area contributed by atoms with Gasteiger partial charge in [-0.25, -0.2) is 0 Å². The first-order valence-corrected chi connectivity index (χ1v) is 8.67. The number of rotatable bonds is 2. The molecule has 0 aliphatic carbocycles. The normalized spacial score (nSPS) is 18.2. The molecule has 4 rings (SSSR count). The molecule has 0 saturated heterocycles. The first-order chi connectivity index (χ1) is 11.9. The molecular weight excluding hydrogens is 314 g/mol. The Labute approximate surface area is 148 Å². The number of likely N-dealkylation sites (N-methyl/N-ethyl adjacent to an activating group) is 1. The van der Waals surface area contributed by atoms with E-state index in [-0.39, 0.29) is 11.3 Å². The van der Waals surface area contributed by atoms with E-state index in [1.807, 2.05) is 24.3 Å². The predicted octanol–water partition coefficient (Wildman–Crippen LogP) is 2.99. The Morgan fingerprint density at radius 1 is 1.28 bits per heavy atom. The van der Waals surface area contributed by atoms with Crippen molar-refractivity contribution in [2.75, 3.05) is 25.5 Å². The average Bonchev–Trinajstić information content (AvgIpc) is 3.01. The van der Waals surface area contributed by atoms with E-state index in [1.165, 1.54) is 5.56 Å². The summed E-state index contributed by atoms with van der Waals surface area (Å²) < 4.78 is 5.50. The molecule has 1 aromatic heterocycles. The number of anilines is 1. The second-order valence-corrected chi connectivity index (χ2v) is 7.66. The van der Waals surface area contributed by atoms with Crippen LogP contribution in [0.3, 0.4) is 0 Å². The fourth-order valence-electron chi connectivity index (χ4n) is 3.94. The van der Waals surface area contributed by atoms with E-state index in [9.17, 15) is 4.79 Å². The maximum atomic E-state index is 12.6. The molecule has 5 heteroatoms. The van der Waals surface area contributed by atoms with Crippen LogP contribution in [0.15, 0.2) is 30.5 Å². The number of ether oxygens (including phenoxy) is 1. The van der Waals surface area contributed by atoms with Gasteiger partial charge < -0.3 is 15.0 Å². The molecule has 0 spiro atoms. The van der Waals surface area contributed by atoms with Crippen LogP contribution in [0.4, 0.5) is 5.69 Å². The highest BCUT2D eigenvalue weighted by atomic mass is 16.5. The highest BCUT2D eigenvalue weighted by Gasteiger charge is 2.31. The van der Waals surface area contributed by atoms with Crippen molar-refractivity contribution in [1.82, 2.24) is 9.88 Å². The molecule has 2 aliphatic rings. The summed E-state index contributed by atoms with van der Waals surface area (Å²) in [4.78, 5) is 19.5. The molecule has 1 amide bonds. The SMILES string of the molecule is CN1Cc2cc(NC(=O)c3ccc4c(c3)CCO4)cnc2C(C)(C)C1. The molecule has 5 nitrogen and oxygen atoms in total. The van der Waals surface area contributed by atoms with Gasteiger partial charge in [0.15, 0.2) is 0 Å². The van der Waals surface area contributed by atoms with E-state index in [1.54, 1.807) is 6.20 Å². The summed E-state index contributed by atoms with van der Waals surface area (Å²) in [5.74, 6) is 0.775. The van der Waals surface area contributed by atoms with Crippen LogP contribution >= 0.6 is 0 Å². The molecule has 2 aliphatic heterocycles. The molecule has 0 saturated carbocycles. The lowest BCUT2D eigenvalue weighted by Gasteiger charge is -2.37. The van der Waals surface area contributed by atoms with Crippen molar-refractivity contribution in [3.05, 3.63) is 52.8 Å². The van der Waals surface area contributed by atoms with Gasteiger partial charge in [0, 0.05) is 30.5 Å². The highest BCUT2D eigenvalue weighted by Crippen LogP contribution is 2.32. The summed E-state index contributed by atoms with van der Waals surface area (Å²) in [6.45, 7) is 6.94. The number of hydrogen-bond acceptors (Lipinski definition) is 4. The zero-order valence-corrected chi connectivity index (χ0v) is 14.9. The minimum atomic E-state index is -0.111. The smallest absolute Gasteiger partial charge is 0.255 e. The summed E-state index contributed by atoms with van der Waals surface area (Å²) in [6.07, 6.45) is 2.62. The van der Waals surface area contributed by atoms with Crippen LogP contribution in [-0.4, -0.2) is 36.0 Å². The van der Waals surface area contributed by atoms with Gasteiger partial charge >= 0.3 is 0 Å². The zero-order chi connectivity index (χ0) is 17.6. The third-order valence-electron chi connectivity index (χ3n) is 4.92. The molecule has 0 unspecified atom stereocenters. The zero-order valence-electron chi connectivity index (χ0n) is 14.9. The maximum Gasteiger partial charge on any atom is 0.255 e. The standard InChI is InChI=1S/C20H23N3O2/c1-20(2)12-23(3)11-15-9-16(10-21-18(15)20)22-19(24)14-4-5-17-13(8-14)6-7-25-17/h4-5,8-10H,6-7,11-12H2,1-3H3,(H,22,24). The molecule has 130 valence electrons. The van der Waals surface area contributed by atoms with Crippen LogP contribution in [0.2, 0.25) is 0 Å². The van der Waals surface area contributed by atoms with Crippen LogP contribution in [0.1, 0.15) is 41.0 Å². The monoisotopic (exact) mass is 337 g/mol. The summed E-state index contributed by atoms with van der Waals surface area (Å²) in [5.41, 5.74) is 4.81. The van der Waals surface area contributed by atoms with Gasteiger partial charge in [-0.15, -0.1) is 0 Å². The van der Waals surface area contributed by atoms with E-state index in [4.69, 9.17) is 4.74 Å². The number of benzene rings is 1. The molecule has 0 radical (unpaired) electrons. The lowest BCUT2D eigenvalue weighted by atomic mass is 9.82. The predicted molar refractivity (Wildman–Crippen MR) is 97.2 cm³/mol. The second-order valence-electron chi connectivity index (χ2n) is 7.66. The van der Waals surface area contributed by atoms with Crippen molar-refractivity contribution in [1.29, 1.82) is 0 Å². The Kier molecular flexibility index (Phi) is 3.76. The lowest BCUT2D eigenvalue weighted by molar-refractivity contribution is 0.102. The van der Waals surface area contributed by atoms with E-state index < -0.39 is 0 Å². The fraction of sp³-hybridized carbons (Fsp3) is 0.400. The van der Waals surface area contributed by atoms with E-state index in [0.29, 0.717) is 12.2 Å². The number of amides is 1. The van der Waals surface area contributed by atoms with Gasteiger partial charge in [0.2, 0.25) is 0 Å². The average molecular weight is 337 g/mol. The molecule has 0 atom stereocenters. The summed E-state index contributed by atoms with van der Waals surface area (Å²) in [5, 5.41) is 2.98. The third kappa shape index (κ3) is 3.00. The quantitative estimate of drug-likeness (QED) is 0.915. The van der Waals surface area contributed by atoms with Crippen molar-refractivity contribution in [2.24, 2.45) is 0 Å². The number of fused-ring (bicyclic) bond motifs is 2. The highest BCUT2D eigenvalue weighted by molar-refractivity contribution is 6.04. The number of hydrogen-bond donors (Lipinski definition) is 1. The number of pyridine rings is 1. The molecule has 1 aromatic carbocycles. The molecular formula is C20H23N3O2. The Balaban J connectivity index is 1.57. The van der Waals surface area contributed by atoms with Crippen LogP contribution < -0.4 is 10.1 Å². The Morgan fingerprint density at radius 3 is 2.96 bits per heavy atom. The first-order valence-electron chi connectivity index (χ1n) is 8.67. The summed E-state index contributed by atoms with van der Waals surface area (Å²) in [6, 6.07) is 7.65. The van der Waals surface area contributed by atoms with E-state index in [0.717, 1.165) is 42.2 Å². The number of carbonyl (C=O) groups excluding carboxylic acids is 1. The topological polar surface area (TPSA) is 54.5 Å². The van der Waals surface area contributed by atoms with Crippen LogP contribution in [0, 0.1) is 0 Å². The summed E-state index contributed by atoms with van der Waals surface area (Å²) >= 11 is 0. The van der Waals surface area contributed by atoms with Crippen LogP contribution in [-0.2, 0) is 18.4 Å². The Morgan fingerprint density at radius 2 is 2.12 bits per heavy atom. The molecule has 3 heterocycles. The number of nitrogens with zero attached hydrogens (tertiary/aromatic N) is 2. The minimum absolute atomic E-state index is 0.0187. The second kappa shape index (κ2) is 5.85. The number of nitrogens with one attached hydrogen (secondary N) is 1. The number of aromatic nitrogens is 1. The third-order valence-corrected chi connectivity index (χ3v) is 4.92. The van der Waals surface area contributed by atoms with Crippen molar-refractivity contribution in [3.63, 3.8) is 0 Å². The van der Waals surface area contributed by atoms with Crippen molar-refractivity contribution < 1.29 is 9.53 Å². The van der Waals surface area contributed by atoms with Crippen molar-refractivity contribution >= 4 is 11.6 Å².